The monoisotopic (exact) mass is 244 g/mol. The topological polar surface area (TPSA) is 68.6 Å². The van der Waals surface area contributed by atoms with Gasteiger partial charge in [0, 0.05) is 11.5 Å². The molecule has 2 heterocycles. The van der Waals surface area contributed by atoms with E-state index in [2.05, 4.69) is 4.99 Å². The summed E-state index contributed by atoms with van der Waals surface area (Å²) in [6.45, 7) is 0. The molecule has 17 heavy (non-hydrogen) atoms. The molecule has 1 amide bonds. The van der Waals surface area contributed by atoms with Crippen LogP contribution in [-0.4, -0.2) is 11.1 Å². The zero-order chi connectivity index (χ0) is 11.8. The number of benzene rings is 1. The molecule has 5 heteroatoms. The van der Waals surface area contributed by atoms with Crippen LogP contribution in [-0.2, 0) is 4.79 Å². The van der Waals surface area contributed by atoms with Crippen molar-refractivity contribution in [3.63, 3.8) is 0 Å². The van der Waals surface area contributed by atoms with Crippen molar-refractivity contribution in [2.75, 3.05) is 0 Å². The Labute approximate surface area is 101 Å². The normalized spacial score (nSPS) is 18.0. The van der Waals surface area contributed by atoms with E-state index in [0.29, 0.717) is 10.7 Å². The molecule has 0 saturated carbocycles. The smallest absolute Gasteiger partial charge is 0.286 e. The molecule has 3 rings (SSSR count). The Kier molecular flexibility index (Phi) is 2.26. The second kappa shape index (κ2) is 3.78. The molecule has 1 aromatic heterocycles. The van der Waals surface area contributed by atoms with E-state index in [4.69, 9.17) is 10.2 Å². The number of amidine groups is 1. The van der Waals surface area contributed by atoms with E-state index in [1.165, 1.54) is 0 Å². The van der Waals surface area contributed by atoms with E-state index in [1.807, 2.05) is 30.3 Å². The average molecular weight is 244 g/mol. The van der Waals surface area contributed by atoms with Gasteiger partial charge in [0.15, 0.2) is 5.17 Å². The molecule has 1 aliphatic heterocycles. The summed E-state index contributed by atoms with van der Waals surface area (Å²) in [6, 6.07) is 9.55. The number of amides is 1. The minimum Gasteiger partial charge on any atom is -0.457 e. The lowest BCUT2D eigenvalue weighted by Crippen LogP contribution is -2.01. The second-order valence-corrected chi connectivity index (χ2v) is 4.61. The van der Waals surface area contributed by atoms with Gasteiger partial charge in [-0.05, 0) is 23.9 Å². The highest BCUT2D eigenvalue weighted by Gasteiger charge is 2.20. The molecule has 0 atom stereocenters. The summed E-state index contributed by atoms with van der Waals surface area (Å²) in [5.41, 5.74) is 6.26. The van der Waals surface area contributed by atoms with Crippen LogP contribution in [0, 0.1) is 0 Å². The Morgan fingerprint density at radius 3 is 2.88 bits per heavy atom. The first-order valence-corrected chi connectivity index (χ1v) is 5.81. The minimum atomic E-state index is -0.312. The number of carbonyl (C=O) groups is 1. The first kappa shape index (κ1) is 10.2. The van der Waals surface area contributed by atoms with Gasteiger partial charge in [0.1, 0.15) is 11.3 Å². The fourth-order valence-corrected chi connectivity index (χ4v) is 2.29. The van der Waals surface area contributed by atoms with E-state index in [9.17, 15) is 4.79 Å². The standard InChI is InChI=1S/C12H8N2O2S/c13-12-14-11(15)10(17-12)6-8-5-7-3-1-2-4-9(7)16-8/h1-6H,(H2,13,14,15). The number of thioether (sulfide) groups is 1. The number of hydrogen-bond acceptors (Lipinski definition) is 4. The number of para-hydroxylation sites is 1. The van der Waals surface area contributed by atoms with Crippen molar-refractivity contribution < 1.29 is 9.21 Å². The van der Waals surface area contributed by atoms with Crippen LogP contribution in [0.4, 0.5) is 0 Å². The second-order valence-electron chi connectivity index (χ2n) is 3.55. The summed E-state index contributed by atoms with van der Waals surface area (Å²) < 4.78 is 5.58. The maximum absolute atomic E-state index is 11.4. The quantitative estimate of drug-likeness (QED) is 0.782. The number of fused-ring (bicyclic) bond motifs is 1. The van der Waals surface area contributed by atoms with Gasteiger partial charge in [-0.2, -0.15) is 4.99 Å². The van der Waals surface area contributed by atoms with E-state index >= 15 is 0 Å². The molecule has 2 N–H and O–H groups in total. The number of aliphatic imine (C=N–C) groups is 1. The van der Waals surface area contributed by atoms with Gasteiger partial charge in [-0.15, -0.1) is 0 Å². The summed E-state index contributed by atoms with van der Waals surface area (Å²) in [5.74, 6) is 0.319. The highest BCUT2D eigenvalue weighted by molar-refractivity contribution is 8.18. The molecular formula is C12H8N2O2S. The number of carbonyl (C=O) groups excluding carboxylic acids is 1. The molecule has 0 bridgehead atoms. The van der Waals surface area contributed by atoms with Crippen molar-refractivity contribution in [1.82, 2.24) is 0 Å². The van der Waals surface area contributed by atoms with Gasteiger partial charge in [-0.1, -0.05) is 18.2 Å². The lowest BCUT2D eigenvalue weighted by atomic mass is 10.2. The molecule has 0 aliphatic carbocycles. The molecule has 0 unspecified atom stereocenters. The lowest BCUT2D eigenvalue weighted by molar-refractivity contribution is -0.113. The summed E-state index contributed by atoms with van der Waals surface area (Å²) in [6.07, 6.45) is 1.66. The summed E-state index contributed by atoms with van der Waals surface area (Å²) in [5, 5.41) is 1.28. The van der Waals surface area contributed by atoms with Crippen molar-refractivity contribution in [2.45, 2.75) is 0 Å². The summed E-state index contributed by atoms with van der Waals surface area (Å²) >= 11 is 1.16. The molecule has 0 saturated heterocycles. The van der Waals surface area contributed by atoms with Crippen LogP contribution in [0.15, 0.2) is 44.6 Å². The Morgan fingerprint density at radius 2 is 2.18 bits per heavy atom. The SMILES string of the molecule is NC1=NC(=O)C(=Cc2cc3ccccc3o2)S1. The molecule has 0 radical (unpaired) electrons. The minimum absolute atomic E-state index is 0.275. The van der Waals surface area contributed by atoms with Gasteiger partial charge in [0.2, 0.25) is 0 Å². The number of nitrogens with zero attached hydrogens (tertiary/aromatic N) is 1. The lowest BCUT2D eigenvalue weighted by Gasteiger charge is -1.89. The van der Waals surface area contributed by atoms with Gasteiger partial charge < -0.3 is 10.2 Å². The van der Waals surface area contributed by atoms with E-state index < -0.39 is 0 Å². The number of hydrogen-bond donors (Lipinski definition) is 1. The van der Waals surface area contributed by atoms with Crippen molar-refractivity contribution in [3.05, 3.63) is 41.0 Å². The van der Waals surface area contributed by atoms with Crippen LogP contribution >= 0.6 is 11.8 Å². The fraction of sp³-hybridized carbons (Fsp3) is 0. The fourth-order valence-electron chi connectivity index (χ4n) is 1.63. The third kappa shape index (κ3) is 1.85. The van der Waals surface area contributed by atoms with Crippen molar-refractivity contribution in [2.24, 2.45) is 10.7 Å². The summed E-state index contributed by atoms with van der Waals surface area (Å²) in [4.78, 5) is 15.5. The molecule has 84 valence electrons. The molecular weight excluding hydrogens is 236 g/mol. The zero-order valence-electron chi connectivity index (χ0n) is 8.71. The third-order valence-corrected chi connectivity index (χ3v) is 3.17. The van der Waals surface area contributed by atoms with Gasteiger partial charge in [-0.25, -0.2) is 0 Å². The maximum Gasteiger partial charge on any atom is 0.286 e. The molecule has 1 aliphatic rings. The first-order valence-electron chi connectivity index (χ1n) is 4.99. The Morgan fingerprint density at radius 1 is 1.35 bits per heavy atom. The largest absolute Gasteiger partial charge is 0.457 e. The summed E-state index contributed by atoms with van der Waals surface area (Å²) in [7, 11) is 0. The Hall–Kier alpha value is -2.01. The molecule has 0 fully saturated rings. The molecule has 0 spiro atoms. The van der Waals surface area contributed by atoms with Gasteiger partial charge >= 0.3 is 0 Å². The van der Waals surface area contributed by atoms with Crippen LogP contribution in [0.5, 0.6) is 0 Å². The predicted octanol–water partition coefficient (Wildman–Crippen LogP) is 2.36. The van der Waals surface area contributed by atoms with Crippen molar-refractivity contribution in [3.8, 4) is 0 Å². The van der Waals surface area contributed by atoms with Crippen LogP contribution in [0.3, 0.4) is 0 Å². The van der Waals surface area contributed by atoms with E-state index in [1.54, 1.807) is 6.08 Å². The van der Waals surface area contributed by atoms with Gasteiger partial charge in [0.05, 0.1) is 4.91 Å². The third-order valence-electron chi connectivity index (χ3n) is 2.35. The van der Waals surface area contributed by atoms with E-state index in [0.717, 1.165) is 22.7 Å². The highest BCUT2D eigenvalue weighted by atomic mass is 32.2. The predicted molar refractivity (Wildman–Crippen MR) is 68.4 cm³/mol. The van der Waals surface area contributed by atoms with Crippen LogP contribution < -0.4 is 5.73 Å². The molecule has 4 nitrogen and oxygen atoms in total. The molecule has 1 aromatic carbocycles. The maximum atomic E-state index is 11.4. The Bertz CT molecular complexity index is 637. The highest BCUT2D eigenvalue weighted by Crippen LogP contribution is 2.28. The average Bonchev–Trinajstić information content (AvgIpc) is 2.82. The number of rotatable bonds is 1. The van der Waals surface area contributed by atoms with Crippen LogP contribution in [0.2, 0.25) is 0 Å². The first-order chi connectivity index (χ1) is 8.22. The Balaban J connectivity index is 2.01. The number of furan rings is 1. The van der Waals surface area contributed by atoms with Gasteiger partial charge in [0.25, 0.3) is 5.91 Å². The zero-order valence-corrected chi connectivity index (χ0v) is 9.53. The van der Waals surface area contributed by atoms with Crippen molar-refractivity contribution in [1.29, 1.82) is 0 Å². The van der Waals surface area contributed by atoms with Crippen molar-refractivity contribution >= 4 is 39.9 Å². The van der Waals surface area contributed by atoms with Gasteiger partial charge in [-0.3, -0.25) is 4.79 Å². The van der Waals surface area contributed by atoms with Crippen LogP contribution in [0.25, 0.3) is 17.0 Å². The van der Waals surface area contributed by atoms with E-state index in [-0.39, 0.29) is 11.1 Å². The number of nitrogens with two attached hydrogens (primary N) is 1. The van der Waals surface area contributed by atoms with Crippen LogP contribution in [0.1, 0.15) is 5.76 Å². The molecule has 2 aromatic rings.